The number of hydrogen-bond donors (Lipinski definition) is 2. The van der Waals surface area contributed by atoms with Gasteiger partial charge in [0.1, 0.15) is 0 Å². The van der Waals surface area contributed by atoms with Gasteiger partial charge in [0, 0.05) is 6.54 Å². The number of nitrogens with one attached hydrogen (secondary N) is 1. The molecule has 1 unspecified atom stereocenters. The molecule has 0 aromatic heterocycles. The van der Waals surface area contributed by atoms with Crippen LogP contribution >= 0.6 is 0 Å². The monoisotopic (exact) mass is 225 g/mol. The lowest BCUT2D eigenvalue weighted by Gasteiger charge is -2.12. The van der Waals surface area contributed by atoms with Crippen LogP contribution in [-0.4, -0.2) is 37.5 Å². The highest BCUT2D eigenvalue weighted by Gasteiger charge is 1.98. The maximum absolute atomic E-state index is 8.44. The van der Waals surface area contributed by atoms with Crippen molar-refractivity contribution in [1.29, 1.82) is 0 Å². The molecular weight excluding hydrogens is 190 g/mol. The smallest absolute Gasteiger partial charge is 0.0701 e. The van der Waals surface area contributed by atoms with Crippen molar-refractivity contribution >= 4 is 0 Å². The molecule has 0 aliphatic carbocycles. The fraction of sp³-hybridized carbons (Fsp3) is 1.00. The van der Waals surface area contributed by atoms with Crippen LogP contribution in [0.25, 0.3) is 0 Å². The molecule has 0 radical (unpaired) electrons. The third-order valence-corrected chi connectivity index (χ3v) is 1.35. The molecule has 0 heterocycles. The fourth-order valence-electron chi connectivity index (χ4n) is 0.795. The molecule has 3 heteroatoms. The average Bonchev–Trinajstić information content (AvgIpc) is 2.01. The molecule has 2 N–H and O–H groups in total. The van der Waals surface area contributed by atoms with Crippen molar-refractivity contribution < 1.29 is 9.84 Å². The number of aliphatic hydroxyl groups is 1. The van der Waals surface area contributed by atoms with E-state index in [0.717, 1.165) is 19.5 Å². The van der Waals surface area contributed by atoms with E-state index in [1.54, 1.807) is 0 Å². The Morgan fingerprint density at radius 2 is 1.73 bits per heavy atom. The van der Waals surface area contributed by atoms with E-state index in [0.29, 0.717) is 6.61 Å². The molecule has 3 nitrogen and oxygen atoms in total. The molecule has 0 aliphatic rings. The van der Waals surface area contributed by atoms with Crippen LogP contribution in [0.4, 0.5) is 0 Å². The van der Waals surface area contributed by atoms with Gasteiger partial charge in [0.15, 0.2) is 0 Å². The Kier molecular flexibility index (Phi) is 46.2. The first-order valence-corrected chi connectivity index (χ1v) is 4.24. The highest BCUT2D eigenvalue weighted by atomic mass is 16.5. The van der Waals surface area contributed by atoms with E-state index in [2.05, 4.69) is 12.2 Å². The van der Waals surface area contributed by atoms with Crippen molar-refractivity contribution in [2.24, 2.45) is 0 Å². The number of hydrogen-bond acceptors (Lipinski definition) is 3. The average molecular weight is 225 g/mol. The van der Waals surface area contributed by atoms with Crippen molar-refractivity contribution in [1.82, 2.24) is 5.32 Å². The minimum absolute atomic E-state index is 0. The molecule has 0 aliphatic heterocycles. The first-order chi connectivity index (χ1) is 5.31. The van der Waals surface area contributed by atoms with E-state index in [4.69, 9.17) is 9.84 Å². The van der Waals surface area contributed by atoms with Gasteiger partial charge in [-0.2, -0.15) is 0 Å². The van der Waals surface area contributed by atoms with E-state index in [9.17, 15) is 0 Å². The second kappa shape index (κ2) is 23.6. The summed E-state index contributed by atoms with van der Waals surface area (Å²) in [5.41, 5.74) is 0. The summed E-state index contributed by atoms with van der Waals surface area (Å²) < 4.78 is 5.23. The highest BCUT2D eigenvalue weighted by Crippen LogP contribution is 1.87. The predicted octanol–water partition coefficient (Wildman–Crippen LogP) is 2.93. The van der Waals surface area contributed by atoms with Crippen LogP contribution in [0.1, 0.15) is 50.0 Å². The third-order valence-electron chi connectivity index (χ3n) is 1.35. The quantitative estimate of drug-likeness (QED) is 0.655. The maximum Gasteiger partial charge on any atom is 0.0701 e. The van der Waals surface area contributed by atoms with Gasteiger partial charge in [-0.3, -0.25) is 0 Å². The first-order valence-electron chi connectivity index (χ1n) is 4.24. The molecular formula is C12H35NO2. The van der Waals surface area contributed by atoms with Crippen LogP contribution in [-0.2, 0) is 4.74 Å². The van der Waals surface area contributed by atoms with Gasteiger partial charge in [-0.05, 0) is 19.9 Å². The Bertz CT molecular complexity index is 80.0. The van der Waals surface area contributed by atoms with Crippen molar-refractivity contribution in [3.63, 3.8) is 0 Å². The molecule has 0 aromatic carbocycles. The number of ether oxygens (including phenoxy) is 1. The van der Waals surface area contributed by atoms with Gasteiger partial charge in [0.25, 0.3) is 0 Å². The minimum atomic E-state index is 0. The van der Waals surface area contributed by atoms with E-state index in [1.165, 1.54) is 0 Å². The summed E-state index contributed by atoms with van der Waals surface area (Å²) in [6.45, 7) is 6.58. The Hall–Kier alpha value is -0.120. The zero-order valence-electron chi connectivity index (χ0n) is 7.47. The molecule has 15 heavy (non-hydrogen) atoms. The summed E-state index contributed by atoms with van der Waals surface area (Å²) in [7, 11) is 0. The lowest BCUT2D eigenvalue weighted by atomic mass is 10.4. The maximum atomic E-state index is 8.44. The second-order valence-electron chi connectivity index (χ2n) is 2.61. The summed E-state index contributed by atoms with van der Waals surface area (Å²) in [4.78, 5) is 0. The van der Waals surface area contributed by atoms with Crippen LogP contribution in [0.3, 0.4) is 0 Å². The highest BCUT2D eigenvalue weighted by molar-refractivity contribution is 4.54. The normalized spacial score (nSPS) is 9.80. The van der Waals surface area contributed by atoms with Gasteiger partial charge in [0.2, 0.25) is 0 Å². The lowest BCUT2D eigenvalue weighted by Crippen LogP contribution is -2.28. The summed E-state index contributed by atoms with van der Waals surface area (Å²) >= 11 is 0. The third kappa shape index (κ3) is 24.8. The van der Waals surface area contributed by atoms with Gasteiger partial charge in [-0.25, -0.2) is 0 Å². The van der Waals surface area contributed by atoms with Crippen LogP contribution in [0.15, 0.2) is 0 Å². The van der Waals surface area contributed by atoms with Gasteiger partial charge in [0.05, 0.1) is 19.3 Å². The standard InChI is InChI=1S/C8H19NO2.4CH4/c1-3-4-9-7-8(2)11-6-5-10;;;;/h8-10H,3-7H2,1-2H3;4*1H4. The zero-order chi connectivity index (χ0) is 8.53. The van der Waals surface area contributed by atoms with Crippen molar-refractivity contribution in [2.75, 3.05) is 26.3 Å². The molecule has 0 rings (SSSR count). The molecule has 0 saturated carbocycles. The van der Waals surface area contributed by atoms with Crippen molar-refractivity contribution in [3.05, 3.63) is 0 Å². The predicted molar refractivity (Wildman–Crippen MR) is 72.6 cm³/mol. The summed E-state index contributed by atoms with van der Waals surface area (Å²) in [6, 6.07) is 0. The van der Waals surface area contributed by atoms with E-state index in [-0.39, 0.29) is 42.4 Å². The van der Waals surface area contributed by atoms with Crippen LogP contribution < -0.4 is 5.32 Å². The molecule has 0 spiro atoms. The number of aliphatic hydroxyl groups excluding tert-OH is 1. The molecule has 0 bridgehead atoms. The Labute approximate surface area is 98.2 Å². The van der Waals surface area contributed by atoms with E-state index < -0.39 is 0 Å². The van der Waals surface area contributed by atoms with Crippen LogP contribution in [0.2, 0.25) is 0 Å². The second-order valence-corrected chi connectivity index (χ2v) is 2.61. The van der Waals surface area contributed by atoms with E-state index in [1.807, 2.05) is 6.92 Å². The fourth-order valence-corrected chi connectivity index (χ4v) is 0.795. The molecule has 1 atom stereocenters. The van der Waals surface area contributed by atoms with Crippen LogP contribution in [0.5, 0.6) is 0 Å². The Morgan fingerprint density at radius 1 is 1.20 bits per heavy atom. The van der Waals surface area contributed by atoms with Gasteiger partial charge >= 0.3 is 0 Å². The zero-order valence-corrected chi connectivity index (χ0v) is 7.47. The SMILES string of the molecule is C.C.C.C.CCCNCC(C)OCCO. The topological polar surface area (TPSA) is 41.5 Å². The minimum Gasteiger partial charge on any atom is -0.394 e. The Balaban J connectivity index is -0.0000000833. The van der Waals surface area contributed by atoms with Crippen molar-refractivity contribution in [3.8, 4) is 0 Å². The molecule has 0 amide bonds. The number of rotatable bonds is 7. The van der Waals surface area contributed by atoms with Crippen LogP contribution in [0, 0.1) is 0 Å². The van der Waals surface area contributed by atoms with Gasteiger partial charge < -0.3 is 15.2 Å². The van der Waals surface area contributed by atoms with Gasteiger partial charge in [-0.15, -0.1) is 0 Å². The van der Waals surface area contributed by atoms with Gasteiger partial charge in [-0.1, -0.05) is 36.6 Å². The summed E-state index contributed by atoms with van der Waals surface area (Å²) in [6.07, 6.45) is 1.35. The summed E-state index contributed by atoms with van der Waals surface area (Å²) in [5, 5.41) is 11.7. The van der Waals surface area contributed by atoms with Crippen molar-refractivity contribution in [2.45, 2.75) is 56.1 Å². The van der Waals surface area contributed by atoms with E-state index >= 15 is 0 Å². The molecule has 0 fully saturated rings. The Morgan fingerprint density at radius 3 is 2.13 bits per heavy atom. The largest absolute Gasteiger partial charge is 0.394 e. The first kappa shape index (κ1) is 29.4. The molecule has 100 valence electrons. The summed E-state index contributed by atoms with van der Waals surface area (Å²) in [5.74, 6) is 0. The molecule has 0 saturated heterocycles. The lowest BCUT2D eigenvalue weighted by molar-refractivity contribution is 0.0396. The molecule has 0 aromatic rings.